The van der Waals surface area contributed by atoms with Crippen molar-refractivity contribution in [1.29, 1.82) is 0 Å². The summed E-state index contributed by atoms with van der Waals surface area (Å²) < 4.78 is 32.6. The molecule has 2 aliphatic rings. The zero-order valence-electron chi connectivity index (χ0n) is 18.5. The summed E-state index contributed by atoms with van der Waals surface area (Å²) in [6.07, 6.45) is 7.93. The number of ether oxygens (including phenoxy) is 1. The number of anilines is 2. The Balaban J connectivity index is 1.48. The molecule has 2 N–H and O–H groups in total. The lowest BCUT2D eigenvalue weighted by molar-refractivity contribution is 0.122. The molecule has 0 aromatic carbocycles. The van der Waals surface area contributed by atoms with Gasteiger partial charge >= 0.3 is 0 Å². The maximum Gasteiger partial charge on any atom is 0.228 e. The van der Waals surface area contributed by atoms with Crippen LogP contribution in [0.5, 0.6) is 0 Å². The minimum Gasteiger partial charge on any atom is -0.378 e. The summed E-state index contributed by atoms with van der Waals surface area (Å²) in [5.41, 5.74) is 7.86. The second kappa shape index (κ2) is 8.80. The highest BCUT2D eigenvalue weighted by atomic mass is 32.2. The van der Waals surface area contributed by atoms with E-state index in [1.807, 2.05) is 4.68 Å². The summed E-state index contributed by atoms with van der Waals surface area (Å²) in [5.74, 6) is 1.14. The van der Waals surface area contributed by atoms with Gasteiger partial charge in [-0.1, -0.05) is 0 Å². The van der Waals surface area contributed by atoms with Gasteiger partial charge in [-0.25, -0.2) is 32.4 Å². The monoisotopic (exact) mass is 473 g/mol. The van der Waals surface area contributed by atoms with E-state index in [0.717, 1.165) is 29.4 Å². The molecule has 0 spiro atoms. The Bertz CT molecular complexity index is 1230. The summed E-state index contributed by atoms with van der Waals surface area (Å²) >= 11 is 0. The number of rotatable bonds is 5. The number of nitrogens with zero attached hydrogens (tertiary/aromatic N) is 8. The number of fused-ring (bicyclic) bond motifs is 1. The second-order valence-electron chi connectivity index (χ2n) is 8.47. The van der Waals surface area contributed by atoms with Crippen molar-refractivity contribution in [2.24, 2.45) is 5.92 Å². The van der Waals surface area contributed by atoms with Crippen molar-refractivity contribution in [2.45, 2.75) is 19.4 Å². The van der Waals surface area contributed by atoms with Gasteiger partial charge < -0.3 is 15.4 Å². The van der Waals surface area contributed by atoms with E-state index < -0.39 is 10.0 Å². The first-order valence-corrected chi connectivity index (χ1v) is 12.8. The first-order chi connectivity index (χ1) is 15.9. The average Bonchev–Trinajstić information content (AvgIpc) is 3.22. The molecule has 0 bridgehead atoms. The van der Waals surface area contributed by atoms with Crippen LogP contribution in [0.1, 0.15) is 12.8 Å². The van der Waals surface area contributed by atoms with Crippen LogP contribution in [0.4, 0.5) is 11.9 Å². The molecule has 5 rings (SSSR count). The SMILES string of the molecule is CS(=O)(=O)N1CCC(Cn2ncc3c(-c4cnc(N)nc4)nc(N4CCOCC4)nc32)CC1. The van der Waals surface area contributed by atoms with Crippen molar-refractivity contribution in [2.75, 3.05) is 56.3 Å². The van der Waals surface area contributed by atoms with Crippen LogP contribution >= 0.6 is 0 Å². The molecule has 3 aromatic rings. The van der Waals surface area contributed by atoms with Crippen molar-refractivity contribution in [3.8, 4) is 11.3 Å². The third-order valence-corrected chi connectivity index (χ3v) is 7.50. The Hall–Kier alpha value is -2.90. The topological polar surface area (TPSA) is 145 Å². The Morgan fingerprint density at radius 1 is 1.06 bits per heavy atom. The summed E-state index contributed by atoms with van der Waals surface area (Å²) in [7, 11) is -3.15. The van der Waals surface area contributed by atoms with E-state index in [9.17, 15) is 8.42 Å². The van der Waals surface area contributed by atoms with Crippen molar-refractivity contribution < 1.29 is 13.2 Å². The average molecular weight is 474 g/mol. The maximum absolute atomic E-state index is 11.8. The van der Waals surface area contributed by atoms with Crippen molar-refractivity contribution in [1.82, 2.24) is 34.0 Å². The smallest absolute Gasteiger partial charge is 0.228 e. The number of nitrogen functional groups attached to an aromatic ring is 1. The van der Waals surface area contributed by atoms with E-state index in [0.29, 0.717) is 63.5 Å². The van der Waals surface area contributed by atoms with Gasteiger partial charge in [0.2, 0.25) is 21.9 Å². The minimum absolute atomic E-state index is 0.202. The van der Waals surface area contributed by atoms with E-state index in [4.69, 9.17) is 20.4 Å². The lowest BCUT2D eigenvalue weighted by Gasteiger charge is -2.30. The molecule has 0 radical (unpaired) electrons. The van der Waals surface area contributed by atoms with Crippen molar-refractivity contribution in [3.63, 3.8) is 0 Å². The Morgan fingerprint density at radius 2 is 1.76 bits per heavy atom. The molecule has 0 amide bonds. The molecule has 12 nitrogen and oxygen atoms in total. The molecule has 33 heavy (non-hydrogen) atoms. The molecule has 176 valence electrons. The van der Waals surface area contributed by atoms with Crippen LogP contribution in [0.3, 0.4) is 0 Å². The van der Waals surface area contributed by atoms with Gasteiger partial charge in [0.05, 0.1) is 36.7 Å². The van der Waals surface area contributed by atoms with Crippen molar-refractivity contribution in [3.05, 3.63) is 18.6 Å². The van der Waals surface area contributed by atoms with Crippen LogP contribution in [0.15, 0.2) is 18.6 Å². The summed E-state index contributed by atoms with van der Waals surface area (Å²) in [6.45, 7) is 4.40. The molecule has 0 unspecified atom stereocenters. The predicted octanol–water partition coefficient (Wildman–Crippen LogP) is 0.374. The molecule has 0 atom stereocenters. The third-order valence-electron chi connectivity index (χ3n) is 6.20. The van der Waals surface area contributed by atoms with Gasteiger partial charge in [0.1, 0.15) is 0 Å². The predicted molar refractivity (Wildman–Crippen MR) is 123 cm³/mol. The number of aromatic nitrogens is 6. The quantitative estimate of drug-likeness (QED) is 0.551. The van der Waals surface area contributed by atoms with E-state index in [2.05, 4.69) is 20.0 Å². The summed E-state index contributed by atoms with van der Waals surface area (Å²) in [4.78, 5) is 20.1. The third kappa shape index (κ3) is 4.61. The van der Waals surface area contributed by atoms with Gasteiger partial charge in [-0.05, 0) is 18.8 Å². The first-order valence-electron chi connectivity index (χ1n) is 11.0. The summed E-state index contributed by atoms with van der Waals surface area (Å²) in [5, 5.41) is 5.43. The zero-order valence-corrected chi connectivity index (χ0v) is 19.3. The molecule has 0 saturated carbocycles. The lowest BCUT2D eigenvalue weighted by Crippen LogP contribution is -2.38. The number of hydrogen-bond acceptors (Lipinski definition) is 10. The van der Waals surface area contributed by atoms with Gasteiger partial charge in [0.25, 0.3) is 0 Å². The highest BCUT2D eigenvalue weighted by molar-refractivity contribution is 7.88. The van der Waals surface area contributed by atoms with Gasteiger partial charge in [-0.15, -0.1) is 0 Å². The molecule has 13 heteroatoms. The molecule has 2 aliphatic heterocycles. The molecule has 2 saturated heterocycles. The van der Waals surface area contributed by atoms with Crippen LogP contribution in [0.2, 0.25) is 0 Å². The molecular weight excluding hydrogens is 446 g/mol. The highest BCUT2D eigenvalue weighted by Crippen LogP contribution is 2.29. The molecule has 0 aliphatic carbocycles. The molecule has 3 aromatic heterocycles. The highest BCUT2D eigenvalue weighted by Gasteiger charge is 2.26. The fourth-order valence-electron chi connectivity index (χ4n) is 4.33. The van der Waals surface area contributed by atoms with Gasteiger partial charge in [0.15, 0.2) is 5.65 Å². The van der Waals surface area contributed by atoms with Crippen LogP contribution in [0, 0.1) is 5.92 Å². The first kappa shape index (κ1) is 21.9. The van der Waals surface area contributed by atoms with Gasteiger partial charge in [-0.3, -0.25) is 0 Å². The normalized spacial score (nSPS) is 18.8. The second-order valence-corrected chi connectivity index (χ2v) is 10.5. The minimum atomic E-state index is -3.15. The fraction of sp³-hybridized carbons (Fsp3) is 0.550. The number of morpholine rings is 1. The maximum atomic E-state index is 11.8. The van der Waals surface area contributed by atoms with Crippen LogP contribution < -0.4 is 10.6 Å². The number of sulfonamides is 1. The Kier molecular flexibility index (Phi) is 5.85. The van der Waals surface area contributed by atoms with Crippen LogP contribution in [0.25, 0.3) is 22.3 Å². The molecule has 2 fully saturated rings. The molecular formula is C20H27N9O3S. The van der Waals surface area contributed by atoms with Crippen molar-refractivity contribution >= 4 is 33.0 Å². The summed E-state index contributed by atoms with van der Waals surface area (Å²) in [6, 6.07) is 0. The Morgan fingerprint density at radius 3 is 2.42 bits per heavy atom. The van der Waals surface area contributed by atoms with Gasteiger partial charge in [-0.2, -0.15) is 10.1 Å². The Labute approximate surface area is 191 Å². The fourth-order valence-corrected chi connectivity index (χ4v) is 5.20. The lowest BCUT2D eigenvalue weighted by atomic mass is 9.98. The zero-order chi connectivity index (χ0) is 23.0. The standard InChI is InChI=1S/C20H27N9O3S/c1-33(30,31)28-4-2-14(3-5-28)13-29-18-16(12-24-29)17(15-10-22-19(21)23-11-15)25-20(26-18)27-6-8-32-9-7-27/h10-12,14H,2-9,13H2,1H3,(H2,21,22,23). The van der Waals surface area contributed by atoms with E-state index in [1.165, 1.54) is 6.26 Å². The number of hydrogen-bond donors (Lipinski definition) is 1. The van der Waals surface area contributed by atoms with Crippen LogP contribution in [-0.2, 0) is 21.3 Å². The van der Waals surface area contributed by atoms with Crippen LogP contribution in [-0.4, -0.2) is 88.1 Å². The number of nitrogens with two attached hydrogens (primary N) is 1. The van der Waals surface area contributed by atoms with E-state index in [-0.39, 0.29) is 5.95 Å². The number of piperidine rings is 1. The molecule has 5 heterocycles. The van der Waals surface area contributed by atoms with E-state index >= 15 is 0 Å². The largest absolute Gasteiger partial charge is 0.378 e. The van der Waals surface area contributed by atoms with E-state index in [1.54, 1.807) is 22.9 Å². The van der Waals surface area contributed by atoms with Gasteiger partial charge in [0, 0.05) is 50.7 Å².